The molecule has 3 N–H and O–H groups in total. The number of anilines is 1. The quantitative estimate of drug-likeness (QED) is 0.629. The summed E-state index contributed by atoms with van der Waals surface area (Å²) in [5.74, 6) is -1.04. The second kappa shape index (κ2) is 9.95. The van der Waals surface area contributed by atoms with E-state index in [1.54, 1.807) is 13.0 Å². The molecule has 0 unspecified atom stereocenters. The second-order valence-electron chi connectivity index (χ2n) is 6.71. The van der Waals surface area contributed by atoms with Crippen LogP contribution >= 0.6 is 0 Å². The Morgan fingerprint density at radius 1 is 0.966 bits per heavy atom. The van der Waals surface area contributed by atoms with Crippen LogP contribution in [0.2, 0.25) is 0 Å². The molecular weight excluding hydrogens is 383 g/mol. The lowest BCUT2D eigenvalue weighted by atomic mass is 10.1. The average Bonchev–Trinajstić information content (AvgIpc) is 2.66. The highest BCUT2D eigenvalue weighted by Crippen LogP contribution is 2.18. The summed E-state index contributed by atoms with van der Waals surface area (Å²) >= 11 is 0. The summed E-state index contributed by atoms with van der Waals surface area (Å²) in [5.41, 5.74) is 3.69. The van der Waals surface area contributed by atoms with Crippen molar-refractivity contribution in [3.8, 4) is 0 Å². The molecule has 29 heavy (non-hydrogen) atoms. The minimum atomic E-state index is -4.47. The summed E-state index contributed by atoms with van der Waals surface area (Å²) in [6.07, 6.45) is -3.76. The Kier molecular flexibility index (Phi) is 7.64. The third-order valence-electron chi connectivity index (χ3n) is 4.37. The van der Waals surface area contributed by atoms with E-state index in [0.717, 1.165) is 16.7 Å². The molecule has 0 bridgehead atoms. The highest BCUT2D eigenvalue weighted by atomic mass is 19.4. The number of hydrogen-bond acceptors (Lipinski definition) is 3. The zero-order valence-electron chi connectivity index (χ0n) is 16.3. The molecule has 2 amide bonds. The zero-order valence-corrected chi connectivity index (χ0v) is 16.3. The summed E-state index contributed by atoms with van der Waals surface area (Å²) in [6.45, 7) is 2.87. The fourth-order valence-corrected chi connectivity index (χ4v) is 2.70. The maximum Gasteiger partial charge on any atom is 0.405 e. The summed E-state index contributed by atoms with van der Waals surface area (Å²) in [7, 11) is 0. The van der Waals surface area contributed by atoms with Gasteiger partial charge in [-0.15, -0.1) is 0 Å². The third-order valence-corrected chi connectivity index (χ3v) is 4.37. The Morgan fingerprint density at radius 2 is 1.69 bits per heavy atom. The van der Waals surface area contributed by atoms with Crippen molar-refractivity contribution >= 4 is 17.5 Å². The van der Waals surface area contributed by atoms with Gasteiger partial charge in [-0.05, 0) is 49.1 Å². The van der Waals surface area contributed by atoms with Crippen LogP contribution in [0.1, 0.15) is 27.0 Å². The molecule has 156 valence electrons. The molecule has 0 spiro atoms. The summed E-state index contributed by atoms with van der Waals surface area (Å²) in [5, 5.41) is 7.57. The normalized spacial score (nSPS) is 11.1. The van der Waals surface area contributed by atoms with Gasteiger partial charge >= 0.3 is 6.18 Å². The Hall–Kier alpha value is -3.03. The number of rotatable bonds is 8. The van der Waals surface area contributed by atoms with Gasteiger partial charge in [0.2, 0.25) is 5.91 Å². The van der Waals surface area contributed by atoms with Crippen LogP contribution in [0.5, 0.6) is 0 Å². The SMILES string of the molecule is Cc1ccccc1CCNC(=O)CNc1cc(C(=O)NCC(F)(F)F)ccc1C. The number of halogens is 3. The first kappa shape index (κ1) is 22.3. The molecule has 0 aliphatic carbocycles. The summed E-state index contributed by atoms with van der Waals surface area (Å²) in [6, 6.07) is 12.4. The number of amides is 2. The van der Waals surface area contributed by atoms with Gasteiger partial charge in [0.05, 0.1) is 6.54 Å². The molecule has 2 rings (SSSR count). The molecule has 0 heterocycles. The largest absolute Gasteiger partial charge is 0.405 e. The lowest BCUT2D eigenvalue weighted by Gasteiger charge is -2.13. The molecule has 0 saturated heterocycles. The van der Waals surface area contributed by atoms with E-state index in [0.29, 0.717) is 18.7 Å². The maximum absolute atomic E-state index is 12.2. The van der Waals surface area contributed by atoms with Gasteiger partial charge in [0, 0.05) is 17.8 Å². The van der Waals surface area contributed by atoms with Gasteiger partial charge in [-0.1, -0.05) is 30.3 Å². The number of hydrogen-bond donors (Lipinski definition) is 3. The smallest absolute Gasteiger partial charge is 0.376 e. The number of benzene rings is 2. The first-order chi connectivity index (χ1) is 13.7. The fraction of sp³-hybridized carbons (Fsp3) is 0.333. The van der Waals surface area contributed by atoms with Crippen molar-refractivity contribution in [2.45, 2.75) is 26.4 Å². The molecule has 2 aromatic carbocycles. The van der Waals surface area contributed by atoms with Gasteiger partial charge in [-0.2, -0.15) is 13.2 Å². The predicted octanol–water partition coefficient (Wildman–Crippen LogP) is 3.37. The van der Waals surface area contributed by atoms with Crippen LogP contribution in [-0.4, -0.2) is 37.6 Å². The Balaban J connectivity index is 1.85. The van der Waals surface area contributed by atoms with Crippen molar-refractivity contribution in [3.05, 3.63) is 64.7 Å². The van der Waals surface area contributed by atoms with E-state index in [-0.39, 0.29) is 18.0 Å². The van der Waals surface area contributed by atoms with Crippen LogP contribution in [0.4, 0.5) is 18.9 Å². The Labute approximate surface area is 167 Å². The van der Waals surface area contributed by atoms with Crippen molar-refractivity contribution in [3.63, 3.8) is 0 Å². The van der Waals surface area contributed by atoms with Crippen molar-refractivity contribution in [1.29, 1.82) is 0 Å². The van der Waals surface area contributed by atoms with Crippen LogP contribution in [0.15, 0.2) is 42.5 Å². The highest BCUT2D eigenvalue weighted by Gasteiger charge is 2.28. The van der Waals surface area contributed by atoms with Gasteiger partial charge in [0.15, 0.2) is 0 Å². The molecule has 5 nitrogen and oxygen atoms in total. The van der Waals surface area contributed by atoms with E-state index in [2.05, 4.69) is 10.6 Å². The van der Waals surface area contributed by atoms with Crippen LogP contribution in [0.3, 0.4) is 0 Å². The van der Waals surface area contributed by atoms with E-state index in [1.165, 1.54) is 12.1 Å². The molecule has 0 aliphatic heterocycles. The lowest BCUT2D eigenvalue weighted by Crippen LogP contribution is -2.34. The van der Waals surface area contributed by atoms with E-state index in [4.69, 9.17) is 0 Å². The second-order valence-corrected chi connectivity index (χ2v) is 6.71. The Morgan fingerprint density at radius 3 is 2.38 bits per heavy atom. The molecule has 2 aromatic rings. The van der Waals surface area contributed by atoms with Crippen molar-refractivity contribution in [2.24, 2.45) is 0 Å². The average molecular weight is 407 g/mol. The van der Waals surface area contributed by atoms with Gasteiger partial charge in [0.25, 0.3) is 5.91 Å². The van der Waals surface area contributed by atoms with Crippen molar-refractivity contribution in [1.82, 2.24) is 10.6 Å². The van der Waals surface area contributed by atoms with Crippen LogP contribution < -0.4 is 16.0 Å². The lowest BCUT2D eigenvalue weighted by molar-refractivity contribution is -0.123. The molecule has 0 atom stereocenters. The molecule has 0 fully saturated rings. The minimum Gasteiger partial charge on any atom is -0.376 e. The van der Waals surface area contributed by atoms with Crippen LogP contribution in [0, 0.1) is 13.8 Å². The molecule has 0 radical (unpaired) electrons. The maximum atomic E-state index is 12.2. The van der Waals surface area contributed by atoms with E-state index in [9.17, 15) is 22.8 Å². The topological polar surface area (TPSA) is 70.2 Å². The molecule has 8 heteroatoms. The van der Waals surface area contributed by atoms with Crippen LogP contribution in [-0.2, 0) is 11.2 Å². The van der Waals surface area contributed by atoms with Crippen LogP contribution in [0.25, 0.3) is 0 Å². The molecule has 0 aliphatic rings. The van der Waals surface area contributed by atoms with Crippen molar-refractivity contribution in [2.75, 3.05) is 25.0 Å². The first-order valence-corrected chi connectivity index (χ1v) is 9.16. The summed E-state index contributed by atoms with van der Waals surface area (Å²) in [4.78, 5) is 23.9. The highest BCUT2D eigenvalue weighted by molar-refractivity contribution is 5.95. The van der Waals surface area contributed by atoms with E-state index in [1.807, 2.05) is 36.5 Å². The van der Waals surface area contributed by atoms with E-state index < -0.39 is 18.6 Å². The third kappa shape index (κ3) is 7.48. The van der Waals surface area contributed by atoms with Gasteiger partial charge < -0.3 is 16.0 Å². The monoisotopic (exact) mass is 407 g/mol. The zero-order chi connectivity index (χ0) is 21.4. The first-order valence-electron chi connectivity index (χ1n) is 9.16. The predicted molar refractivity (Wildman–Crippen MR) is 106 cm³/mol. The number of carbonyl (C=O) groups is 2. The summed E-state index contributed by atoms with van der Waals surface area (Å²) < 4.78 is 36.7. The number of carbonyl (C=O) groups excluding carboxylic acids is 2. The standard InChI is InChI=1S/C21H24F3N3O2/c1-14-5-3-4-6-16(14)9-10-25-19(28)12-26-18-11-17(8-7-15(18)2)20(29)27-13-21(22,23)24/h3-8,11,26H,9-10,12-13H2,1-2H3,(H,25,28)(H,27,29). The van der Waals surface area contributed by atoms with Gasteiger partial charge in [-0.25, -0.2) is 0 Å². The Bertz CT molecular complexity index is 866. The number of alkyl halides is 3. The van der Waals surface area contributed by atoms with Crippen molar-refractivity contribution < 1.29 is 22.8 Å². The number of nitrogens with one attached hydrogen (secondary N) is 3. The molecule has 0 aromatic heterocycles. The fourth-order valence-electron chi connectivity index (χ4n) is 2.70. The van der Waals surface area contributed by atoms with Gasteiger partial charge in [0.1, 0.15) is 6.54 Å². The van der Waals surface area contributed by atoms with E-state index >= 15 is 0 Å². The molecular formula is C21H24F3N3O2. The van der Waals surface area contributed by atoms with Gasteiger partial charge in [-0.3, -0.25) is 9.59 Å². The molecule has 0 saturated carbocycles. The minimum absolute atomic E-state index is 0.0117. The number of aryl methyl sites for hydroxylation is 2.